The van der Waals surface area contributed by atoms with Gasteiger partial charge in [0.2, 0.25) is 0 Å². The highest BCUT2D eigenvalue weighted by Gasteiger charge is 2.17. The summed E-state index contributed by atoms with van der Waals surface area (Å²) in [5, 5.41) is 39.6. The highest BCUT2D eigenvalue weighted by atomic mass is 16.3. The molecule has 0 aliphatic heterocycles. The fraction of sp³-hybridized carbons (Fsp3) is 0.333. The summed E-state index contributed by atoms with van der Waals surface area (Å²) in [4.78, 5) is 0. The first kappa shape index (κ1) is 10.6. The van der Waals surface area contributed by atoms with Gasteiger partial charge in [-0.3, -0.25) is 0 Å². The molecule has 0 heterocycles. The van der Waals surface area contributed by atoms with Crippen molar-refractivity contribution in [3.63, 3.8) is 0 Å². The molecule has 78 valence electrons. The Hall–Kier alpha value is -1.46. The predicted octanol–water partition coefficient (Wildman–Crippen LogP) is 0.0562. The average Bonchev–Trinajstić information content (AvgIpc) is 2.10. The zero-order valence-corrected chi connectivity index (χ0v) is 7.73. The van der Waals surface area contributed by atoms with Gasteiger partial charge in [-0.1, -0.05) is 0 Å². The molecular weight excluding hydrogens is 186 g/mol. The summed E-state index contributed by atoms with van der Waals surface area (Å²) in [6, 6.07) is 1.65. The molecule has 0 saturated carbocycles. The lowest BCUT2D eigenvalue weighted by atomic mass is 10.0. The van der Waals surface area contributed by atoms with Crippen LogP contribution in [0.3, 0.4) is 0 Å². The molecule has 1 rings (SSSR count). The summed E-state index contributed by atoms with van der Waals surface area (Å²) in [7, 11) is 1.59. The van der Waals surface area contributed by atoms with Gasteiger partial charge in [-0.05, 0) is 7.05 Å². The van der Waals surface area contributed by atoms with E-state index in [2.05, 4.69) is 5.32 Å². The summed E-state index contributed by atoms with van der Waals surface area (Å²) in [5.74, 6) is -0.733. The van der Waals surface area contributed by atoms with E-state index in [1.807, 2.05) is 0 Å². The van der Waals surface area contributed by atoms with Crippen LogP contribution in [0.4, 0.5) is 0 Å². The van der Waals surface area contributed by atoms with E-state index in [1.165, 1.54) is 0 Å². The van der Waals surface area contributed by atoms with Crippen LogP contribution in [0.2, 0.25) is 0 Å². The van der Waals surface area contributed by atoms with Gasteiger partial charge in [0, 0.05) is 12.1 Å². The highest BCUT2D eigenvalue weighted by Crippen LogP contribution is 2.35. The molecule has 0 aliphatic carbocycles. The normalized spacial score (nSPS) is 12.7. The number of phenolic OH excluding ortho intramolecular Hbond substituents is 3. The van der Waals surface area contributed by atoms with Crippen molar-refractivity contribution >= 4 is 0 Å². The van der Waals surface area contributed by atoms with E-state index in [-0.39, 0.29) is 29.4 Å². The SMILES string of the molecule is CN[C@H](CO)c1c(O)cc(O)cc1O. The van der Waals surface area contributed by atoms with Crippen molar-refractivity contribution in [1.29, 1.82) is 0 Å². The minimum absolute atomic E-state index is 0.174. The first-order valence-electron chi connectivity index (χ1n) is 4.13. The van der Waals surface area contributed by atoms with Crippen LogP contribution in [0.1, 0.15) is 11.6 Å². The molecule has 14 heavy (non-hydrogen) atoms. The van der Waals surface area contributed by atoms with Gasteiger partial charge in [0.25, 0.3) is 0 Å². The molecule has 5 heteroatoms. The van der Waals surface area contributed by atoms with Crippen molar-refractivity contribution in [2.45, 2.75) is 6.04 Å². The van der Waals surface area contributed by atoms with Gasteiger partial charge in [-0.25, -0.2) is 0 Å². The van der Waals surface area contributed by atoms with Crippen LogP contribution in [-0.2, 0) is 0 Å². The molecule has 0 bridgehead atoms. The molecular formula is C9H13NO4. The third-order valence-corrected chi connectivity index (χ3v) is 2.00. The smallest absolute Gasteiger partial charge is 0.127 e. The van der Waals surface area contributed by atoms with Crippen molar-refractivity contribution in [2.75, 3.05) is 13.7 Å². The quantitative estimate of drug-likeness (QED) is 0.474. The molecule has 1 aromatic carbocycles. The third kappa shape index (κ3) is 1.89. The number of nitrogens with one attached hydrogen (secondary N) is 1. The predicted molar refractivity (Wildman–Crippen MR) is 50.3 cm³/mol. The second kappa shape index (κ2) is 4.17. The molecule has 0 amide bonds. The number of rotatable bonds is 3. The van der Waals surface area contributed by atoms with Crippen LogP contribution in [-0.4, -0.2) is 34.1 Å². The summed E-state index contributed by atoms with van der Waals surface area (Å²) < 4.78 is 0. The van der Waals surface area contributed by atoms with Gasteiger partial charge in [-0.2, -0.15) is 0 Å². The summed E-state index contributed by atoms with van der Waals surface area (Å²) in [6.45, 7) is -0.262. The Morgan fingerprint density at radius 3 is 2.07 bits per heavy atom. The lowest BCUT2D eigenvalue weighted by Crippen LogP contribution is -2.20. The second-order valence-electron chi connectivity index (χ2n) is 2.92. The number of aliphatic hydroxyl groups is 1. The highest BCUT2D eigenvalue weighted by molar-refractivity contribution is 5.50. The summed E-state index contributed by atoms with van der Waals surface area (Å²) >= 11 is 0. The topological polar surface area (TPSA) is 93.0 Å². The van der Waals surface area contributed by atoms with Crippen LogP contribution in [0.25, 0.3) is 0 Å². The zero-order chi connectivity index (χ0) is 10.7. The Kier molecular flexibility index (Phi) is 3.16. The van der Waals surface area contributed by atoms with Crippen molar-refractivity contribution in [1.82, 2.24) is 5.32 Å². The maximum Gasteiger partial charge on any atom is 0.127 e. The molecule has 0 spiro atoms. The molecule has 0 radical (unpaired) electrons. The lowest BCUT2D eigenvalue weighted by Gasteiger charge is -2.16. The third-order valence-electron chi connectivity index (χ3n) is 2.00. The summed E-state index contributed by atoms with van der Waals surface area (Å²) in [5.41, 5.74) is 0.174. The Morgan fingerprint density at radius 1 is 1.21 bits per heavy atom. The van der Waals surface area contributed by atoms with Crippen molar-refractivity contribution in [2.24, 2.45) is 0 Å². The molecule has 1 atom stereocenters. The number of aliphatic hydroxyl groups excluding tert-OH is 1. The second-order valence-corrected chi connectivity index (χ2v) is 2.92. The molecule has 0 fully saturated rings. The maximum absolute atomic E-state index is 9.43. The average molecular weight is 199 g/mol. The van der Waals surface area contributed by atoms with Gasteiger partial charge in [0.1, 0.15) is 17.2 Å². The number of hydrogen-bond donors (Lipinski definition) is 5. The van der Waals surface area contributed by atoms with E-state index in [9.17, 15) is 10.2 Å². The Morgan fingerprint density at radius 2 is 1.71 bits per heavy atom. The van der Waals surface area contributed by atoms with Gasteiger partial charge in [0.15, 0.2) is 0 Å². The molecule has 0 saturated heterocycles. The molecule has 5 N–H and O–H groups in total. The minimum Gasteiger partial charge on any atom is -0.508 e. The molecule has 0 aliphatic rings. The van der Waals surface area contributed by atoms with E-state index in [0.29, 0.717) is 0 Å². The van der Waals surface area contributed by atoms with Crippen LogP contribution in [0.5, 0.6) is 17.2 Å². The van der Waals surface area contributed by atoms with E-state index in [0.717, 1.165) is 12.1 Å². The molecule has 1 aromatic rings. The van der Waals surface area contributed by atoms with E-state index in [4.69, 9.17) is 10.2 Å². The first-order chi connectivity index (χ1) is 6.60. The fourth-order valence-corrected chi connectivity index (χ4v) is 1.29. The Bertz CT molecular complexity index is 300. The minimum atomic E-state index is -0.560. The van der Waals surface area contributed by atoms with Gasteiger partial charge >= 0.3 is 0 Å². The van der Waals surface area contributed by atoms with Gasteiger partial charge in [0.05, 0.1) is 18.2 Å². The van der Waals surface area contributed by atoms with Crippen molar-refractivity contribution in [3.8, 4) is 17.2 Å². The van der Waals surface area contributed by atoms with Crippen molar-refractivity contribution in [3.05, 3.63) is 17.7 Å². The number of likely N-dealkylation sites (N-methyl/N-ethyl adjacent to an activating group) is 1. The van der Waals surface area contributed by atoms with Crippen LogP contribution >= 0.6 is 0 Å². The molecule has 5 nitrogen and oxygen atoms in total. The van der Waals surface area contributed by atoms with Crippen LogP contribution in [0, 0.1) is 0 Å². The zero-order valence-electron chi connectivity index (χ0n) is 7.73. The standard InChI is InChI=1S/C9H13NO4/c1-10-6(4-11)9-7(13)2-5(12)3-8(9)14/h2-3,6,10-14H,4H2,1H3/t6-/m1/s1. The number of phenols is 3. The summed E-state index contributed by atoms with van der Waals surface area (Å²) in [6.07, 6.45) is 0. The van der Waals surface area contributed by atoms with Gasteiger partial charge in [-0.15, -0.1) is 0 Å². The molecule has 0 aromatic heterocycles. The lowest BCUT2D eigenvalue weighted by molar-refractivity contribution is 0.244. The van der Waals surface area contributed by atoms with Gasteiger partial charge < -0.3 is 25.7 Å². The number of hydrogen-bond acceptors (Lipinski definition) is 5. The van der Waals surface area contributed by atoms with E-state index >= 15 is 0 Å². The maximum atomic E-state index is 9.43. The Labute approximate surface area is 81.3 Å². The Balaban J connectivity index is 3.19. The van der Waals surface area contributed by atoms with Crippen molar-refractivity contribution < 1.29 is 20.4 Å². The largest absolute Gasteiger partial charge is 0.508 e. The van der Waals surface area contributed by atoms with E-state index in [1.54, 1.807) is 7.05 Å². The molecule has 0 unspecified atom stereocenters. The van der Waals surface area contributed by atoms with Crippen LogP contribution in [0.15, 0.2) is 12.1 Å². The van der Waals surface area contributed by atoms with E-state index < -0.39 is 6.04 Å². The monoisotopic (exact) mass is 199 g/mol. The fourth-order valence-electron chi connectivity index (χ4n) is 1.29. The number of aromatic hydroxyl groups is 3. The first-order valence-corrected chi connectivity index (χ1v) is 4.13. The van der Waals surface area contributed by atoms with Crippen LogP contribution < -0.4 is 5.32 Å². The number of benzene rings is 1.